The number of anilines is 2. The zero-order chi connectivity index (χ0) is 21.2. The van der Waals surface area contributed by atoms with E-state index in [2.05, 4.69) is 20.9 Å². The van der Waals surface area contributed by atoms with E-state index in [-0.39, 0.29) is 11.9 Å². The minimum atomic E-state index is -0.426. The Morgan fingerprint density at radius 1 is 0.967 bits per heavy atom. The van der Waals surface area contributed by atoms with Crippen molar-refractivity contribution < 1.29 is 18.7 Å². The van der Waals surface area contributed by atoms with Crippen molar-refractivity contribution in [3.05, 3.63) is 59.9 Å². The van der Waals surface area contributed by atoms with Crippen molar-refractivity contribution in [3.63, 3.8) is 0 Å². The van der Waals surface area contributed by atoms with Crippen molar-refractivity contribution in [1.82, 2.24) is 10.2 Å². The Morgan fingerprint density at radius 3 is 2.47 bits per heavy atom. The Bertz CT molecular complexity index is 856. The third-order valence-electron chi connectivity index (χ3n) is 4.76. The lowest BCUT2D eigenvalue weighted by Crippen LogP contribution is -2.37. The van der Waals surface area contributed by atoms with Crippen LogP contribution < -0.4 is 16.0 Å². The number of halogens is 1. The second-order valence-corrected chi connectivity index (χ2v) is 7.09. The Kier molecular flexibility index (Phi) is 8.17. The van der Waals surface area contributed by atoms with E-state index in [0.717, 1.165) is 45.7 Å². The lowest BCUT2D eigenvalue weighted by Gasteiger charge is -2.26. The first kappa shape index (κ1) is 21.7. The van der Waals surface area contributed by atoms with Crippen LogP contribution in [0.5, 0.6) is 0 Å². The third kappa shape index (κ3) is 7.13. The summed E-state index contributed by atoms with van der Waals surface area (Å²) in [5.74, 6) is -0.808. The number of amides is 3. The van der Waals surface area contributed by atoms with Gasteiger partial charge in [-0.25, -0.2) is 9.18 Å². The van der Waals surface area contributed by atoms with Crippen molar-refractivity contribution in [2.45, 2.75) is 12.8 Å². The van der Waals surface area contributed by atoms with E-state index in [9.17, 15) is 14.0 Å². The number of urea groups is 1. The van der Waals surface area contributed by atoms with Crippen LogP contribution in [0.15, 0.2) is 48.5 Å². The average Bonchev–Trinajstić information content (AvgIpc) is 2.74. The number of hydrogen-bond donors (Lipinski definition) is 3. The Labute approximate surface area is 175 Å². The number of benzene rings is 2. The number of hydrogen-bond acceptors (Lipinski definition) is 4. The van der Waals surface area contributed by atoms with E-state index in [4.69, 9.17) is 4.74 Å². The predicted molar refractivity (Wildman–Crippen MR) is 114 cm³/mol. The topological polar surface area (TPSA) is 82.7 Å². The first-order valence-electron chi connectivity index (χ1n) is 10.1. The Balaban J connectivity index is 1.40. The number of carbonyl (C=O) groups excluding carboxylic acids is 2. The van der Waals surface area contributed by atoms with Gasteiger partial charge in [0.25, 0.3) is 5.91 Å². The zero-order valence-corrected chi connectivity index (χ0v) is 16.8. The van der Waals surface area contributed by atoms with E-state index < -0.39 is 5.82 Å². The number of morpholine rings is 1. The molecule has 1 saturated heterocycles. The molecule has 1 heterocycles. The van der Waals surface area contributed by atoms with E-state index >= 15 is 0 Å². The van der Waals surface area contributed by atoms with Crippen LogP contribution in [0.3, 0.4) is 0 Å². The molecule has 3 rings (SSSR count). The highest BCUT2D eigenvalue weighted by atomic mass is 19.1. The molecule has 30 heavy (non-hydrogen) atoms. The van der Waals surface area contributed by atoms with Gasteiger partial charge >= 0.3 is 6.03 Å². The number of ether oxygens (including phenoxy) is 1. The molecule has 2 aromatic rings. The molecule has 1 fully saturated rings. The molecule has 3 amide bonds. The molecule has 7 nitrogen and oxygen atoms in total. The Hall–Kier alpha value is -2.97. The van der Waals surface area contributed by atoms with Gasteiger partial charge < -0.3 is 20.7 Å². The maximum absolute atomic E-state index is 13.3. The predicted octanol–water partition coefficient (Wildman–Crippen LogP) is 3.31. The summed E-state index contributed by atoms with van der Waals surface area (Å²) in [6, 6.07) is 12.0. The van der Waals surface area contributed by atoms with Gasteiger partial charge in [0.15, 0.2) is 0 Å². The fourth-order valence-electron chi connectivity index (χ4n) is 3.17. The van der Waals surface area contributed by atoms with Crippen molar-refractivity contribution >= 4 is 23.3 Å². The van der Waals surface area contributed by atoms with Crippen LogP contribution in [-0.2, 0) is 4.74 Å². The van der Waals surface area contributed by atoms with Gasteiger partial charge in [0, 0.05) is 36.6 Å². The van der Waals surface area contributed by atoms with Crippen molar-refractivity contribution in [2.24, 2.45) is 0 Å². The van der Waals surface area contributed by atoms with Gasteiger partial charge in [-0.05, 0) is 55.8 Å². The van der Waals surface area contributed by atoms with Gasteiger partial charge in [0.1, 0.15) is 5.82 Å². The molecule has 0 bridgehead atoms. The van der Waals surface area contributed by atoms with E-state index in [1.807, 2.05) is 0 Å². The SMILES string of the molecule is O=C(NCCCCN1CCOCC1)Nc1cccc(C(=O)Nc2cccc(F)c2)c1. The standard InChI is InChI=1S/C22H27FN4O3/c23-18-6-4-8-20(16-18)25-21(28)17-5-3-7-19(15-17)26-22(29)24-9-1-2-10-27-11-13-30-14-12-27/h3-8,15-16H,1-2,9-14H2,(H,25,28)(H2,24,26,29). The maximum atomic E-state index is 13.3. The van der Waals surface area contributed by atoms with E-state index in [1.165, 1.54) is 18.2 Å². The lowest BCUT2D eigenvalue weighted by atomic mass is 10.2. The second kappa shape index (κ2) is 11.3. The van der Waals surface area contributed by atoms with Crippen LogP contribution in [0, 0.1) is 5.82 Å². The summed E-state index contributed by atoms with van der Waals surface area (Å²) in [7, 11) is 0. The summed E-state index contributed by atoms with van der Waals surface area (Å²) in [4.78, 5) is 26.8. The number of unbranched alkanes of at least 4 members (excludes halogenated alkanes) is 1. The highest BCUT2D eigenvalue weighted by Crippen LogP contribution is 2.14. The summed E-state index contributed by atoms with van der Waals surface area (Å²) in [6.45, 7) is 5.11. The van der Waals surface area contributed by atoms with Crippen LogP contribution in [0.25, 0.3) is 0 Å². The molecular formula is C22H27FN4O3. The molecule has 0 aromatic heterocycles. The molecule has 0 saturated carbocycles. The molecule has 0 unspecified atom stereocenters. The van der Waals surface area contributed by atoms with Gasteiger partial charge in [-0.3, -0.25) is 9.69 Å². The number of nitrogens with zero attached hydrogens (tertiary/aromatic N) is 1. The zero-order valence-electron chi connectivity index (χ0n) is 16.8. The van der Waals surface area contributed by atoms with Gasteiger partial charge in [0.2, 0.25) is 0 Å². The molecule has 1 aliphatic heterocycles. The summed E-state index contributed by atoms with van der Waals surface area (Å²) in [5.41, 5.74) is 1.24. The quantitative estimate of drug-likeness (QED) is 0.579. The summed E-state index contributed by atoms with van der Waals surface area (Å²) < 4.78 is 18.6. The normalized spacial score (nSPS) is 14.2. The summed E-state index contributed by atoms with van der Waals surface area (Å²) in [6.07, 6.45) is 1.90. The van der Waals surface area contributed by atoms with Gasteiger partial charge in [-0.1, -0.05) is 12.1 Å². The minimum Gasteiger partial charge on any atom is -0.379 e. The highest BCUT2D eigenvalue weighted by Gasteiger charge is 2.10. The van der Waals surface area contributed by atoms with E-state index in [1.54, 1.807) is 30.3 Å². The Morgan fingerprint density at radius 2 is 1.70 bits per heavy atom. The minimum absolute atomic E-state index is 0.316. The van der Waals surface area contributed by atoms with Gasteiger partial charge in [0.05, 0.1) is 13.2 Å². The smallest absolute Gasteiger partial charge is 0.319 e. The van der Waals surface area contributed by atoms with Crippen LogP contribution in [0.4, 0.5) is 20.6 Å². The third-order valence-corrected chi connectivity index (χ3v) is 4.76. The largest absolute Gasteiger partial charge is 0.379 e. The molecule has 8 heteroatoms. The highest BCUT2D eigenvalue weighted by molar-refractivity contribution is 6.05. The maximum Gasteiger partial charge on any atom is 0.319 e. The fraction of sp³-hybridized carbons (Fsp3) is 0.364. The molecule has 0 atom stereocenters. The van der Waals surface area contributed by atoms with E-state index in [0.29, 0.717) is 23.5 Å². The summed E-state index contributed by atoms with van der Waals surface area (Å²) in [5, 5.41) is 8.20. The summed E-state index contributed by atoms with van der Waals surface area (Å²) >= 11 is 0. The van der Waals surface area contributed by atoms with Crippen LogP contribution >= 0.6 is 0 Å². The molecule has 160 valence electrons. The molecule has 3 N–H and O–H groups in total. The average molecular weight is 414 g/mol. The first-order chi connectivity index (χ1) is 14.6. The molecule has 0 aliphatic carbocycles. The number of carbonyl (C=O) groups is 2. The van der Waals surface area contributed by atoms with Crippen LogP contribution in [0.1, 0.15) is 23.2 Å². The van der Waals surface area contributed by atoms with Crippen molar-refractivity contribution in [1.29, 1.82) is 0 Å². The monoisotopic (exact) mass is 414 g/mol. The van der Waals surface area contributed by atoms with Crippen molar-refractivity contribution in [2.75, 3.05) is 50.0 Å². The van der Waals surface area contributed by atoms with Gasteiger partial charge in [-0.2, -0.15) is 0 Å². The molecule has 0 spiro atoms. The molecular weight excluding hydrogens is 387 g/mol. The number of rotatable bonds is 8. The van der Waals surface area contributed by atoms with Gasteiger partial charge in [-0.15, -0.1) is 0 Å². The molecule has 0 radical (unpaired) electrons. The van der Waals surface area contributed by atoms with Crippen LogP contribution in [-0.4, -0.2) is 56.2 Å². The molecule has 2 aromatic carbocycles. The van der Waals surface area contributed by atoms with Crippen LogP contribution in [0.2, 0.25) is 0 Å². The number of nitrogens with one attached hydrogen (secondary N) is 3. The molecule has 1 aliphatic rings. The lowest BCUT2D eigenvalue weighted by molar-refractivity contribution is 0.0372. The van der Waals surface area contributed by atoms with Crippen molar-refractivity contribution in [3.8, 4) is 0 Å². The fourth-order valence-corrected chi connectivity index (χ4v) is 3.17. The first-order valence-corrected chi connectivity index (χ1v) is 10.1. The second-order valence-electron chi connectivity index (χ2n) is 7.09.